The van der Waals surface area contributed by atoms with Gasteiger partial charge in [-0.1, -0.05) is 94.4 Å². The number of aryl methyl sites for hydroxylation is 1. The lowest BCUT2D eigenvalue weighted by molar-refractivity contribution is 0.0579. The molecule has 0 radical (unpaired) electrons. The number of methoxy groups -OCH3 is 1. The Morgan fingerprint density at radius 1 is 0.853 bits per heavy atom. The lowest BCUT2D eigenvalue weighted by Crippen LogP contribution is -2.68. The van der Waals surface area contributed by atoms with Gasteiger partial charge >= 0.3 is 0 Å². The van der Waals surface area contributed by atoms with E-state index in [9.17, 15) is 0 Å². The predicted octanol–water partition coefficient (Wildman–Crippen LogP) is 6.47. The predicted molar refractivity (Wildman–Crippen MR) is 144 cm³/mol. The van der Waals surface area contributed by atoms with Crippen LogP contribution in [0.15, 0.2) is 78.9 Å². The highest BCUT2D eigenvalue weighted by atomic mass is 28.4. The van der Waals surface area contributed by atoms with Gasteiger partial charge in [-0.2, -0.15) is 0 Å². The third kappa shape index (κ3) is 3.65. The largest absolute Gasteiger partial charge is 0.497 e. The van der Waals surface area contributed by atoms with Gasteiger partial charge in [-0.25, -0.2) is 0 Å². The highest BCUT2D eigenvalue weighted by Gasteiger charge is 2.57. The lowest BCUT2D eigenvalue weighted by Gasteiger charge is -2.49. The Balaban J connectivity index is 1.59. The molecule has 0 aromatic heterocycles. The van der Waals surface area contributed by atoms with Crippen LogP contribution in [0.3, 0.4) is 0 Å². The maximum atomic E-state index is 7.68. The summed E-state index contributed by atoms with van der Waals surface area (Å²) in [7, 11) is -0.802. The average Bonchev–Trinajstić information content (AvgIpc) is 3.18. The monoisotopic (exact) mass is 470 g/mol. The minimum absolute atomic E-state index is 0.00406. The smallest absolute Gasteiger partial charge is 0.261 e. The van der Waals surface area contributed by atoms with Crippen molar-refractivity contribution in [2.75, 3.05) is 7.11 Å². The molecule has 1 saturated carbocycles. The molecule has 3 atom stereocenters. The highest BCUT2D eigenvalue weighted by molar-refractivity contribution is 6.99. The van der Waals surface area contributed by atoms with Crippen molar-refractivity contribution >= 4 is 18.7 Å². The first kappa shape index (κ1) is 23.4. The molecule has 0 unspecified atom stereocenters. The Hall–Kier alpha value is -2.36. The fourth-order valence-electron chi connectivity index (χ4n) is 6.82. The molecule has 3 heteroatoms. The van der Waals surface area contributed by atoms with Gasteiger partial charge < -0.3 is 9.16 Å². The van der Waals surface area contributed by atoms with Gasteiger partial charge in [-0.15, -0.1) is 0 Å². The number of fused-ring (bicyclic) bond motifs is 3. The van der Waals surface area contributed by atoms with Crippen LogP contribution >= 0.6 is 0 Å². The Morgan fingerprint density at radius 3 is 2.03 bits per heavy atom. The third-order valence-electron chi connectivity index (χ3n) is 8.64. The topological polar surface area (TPSA) is 18.5 Å². The van der Waals surface area contributed by atoms with Crippen LogP contribution in [0.25, 0.3) is 0 Å². The van der Waals surface area contributed by atoms with E-state index in [-0.39, 0.29) is 16.6 Å². The molecule has 2 aliphatic carbocycles. The molecule has 1 fully saturated rings. The minimum atomic E-state index is -2.56. The van der Waals surface area contributed by atoms with Gasteiger partial charge in [0.15, 0.2) is 0 Å². The molecule has 34 heavy (non-hydrogen) atoms. The first-order valence-corrected chi connectivity index (χ1v) is 14.7. The summed E-state index contributed by atoms with van der Waals surface area (Å²) in [6.45, 7) is 9.66. The quantitative estimate of drug-likeness (QED) is 0.398. The van der Waals surface area contributed by atoms with Crippen molar-refractivity contribution in [1.29, 1.82) is 0 Å². The lowest BCUT2D eigenvalue weighted by atomic mass is 9.66. The molecule has 0 bridgehead atoms. The average molecular weight is 471 g/mol. The summed E-state index contributed by atoms with van der Waals surface area (Å²) < 4.78 is 13.2. The fourth-order valence-corrected chi connectivity index (χ4v) is 11.6. The molecule has 0 amide bonds. The van der Waals surface area contributed by atoms with E-state index in [0.717, 1.165) is 18.6 Å². The van der Waals surface area contributed by atoms with Crippen molar-refractivity contribution in [3.8, 4) is 5.75 Å². The van der Waals surface area contributed by atoms with Gasteiger partial charge in [0.1, 0.15) is 5.75 Å². The standard InChI is InChI=1S/C31H38O2Si/c1-30(2,3)34(25-12-8-6-9-13-25,26-14-10-7-11-15-26)33-29-19-18-28-27-17-16-24(32-5)22-23(27)20-21-31(28,29)4/h6-17,22,28-29H,18-21H2,1-5H3/t28-,29-,31-/m0/s1. The Labute approximate surface area is 206 Å². The summed E-state index contributed by atoms with van der Waals surface area (Å²) in [5.41, 5.74) is 3.13. The summed E-state index contributed by atoms with van der Waals surface area (Å²) in [5, 5.41) is 2.76. The first-order chi connectivity index (χ1) is 16.3. The molecule has 0 spiro atoms. The van der Waals surface area contributed by atoms with Crippen LogP contribution in [0.1, 0.15) is 64.0 Å². The molecule has 0 heterocycles. The summed E-state index contributed by atoms with van der Waals surface area (Å²) >= 11 is 0. The molecular formula is C31H38O2Si. The SMILES string of the molecule is COc1ccc2c(c1)CC[C@]1(C)[C@@H](O[Si](c3ccccc3)(c3ccccc3)C(C)(C)C)CC[C@@H]21. The van der Waals surface area contributed by atoms with Gasteiger partial charge in [0.05, 0.1) is 13.2 Å². The zero-order valence-electron chi connectivity index (χ0n) is 21.3. The van der Waals surface area contributed by atoms with Crippen LogP contribution < -0.4 is 15.1 Å². The van der Waals surface area contributed by atoms with E-state index in [1.54, 1.807) is 7.11 Å². The van der Waals surface area contributed by atoms with E-state index in [1.165, 1.54) is 34.3 Å². The minimum Gasteiger partial charge on any atom is -0.497 e. The zero-order chi connectivity index (χ0) is 24.0. The number of rotatable bonds is 5. The number of benzene rings is 3. The van der Waals surface area contributed by atoms with Gasteiger partial charge in [0, 0.05) is 0 Å². The second-order valence-electron chi connectivity index (χ2n) is 11.5. The number of ether oxygens (including phenoxy) is 1. The van der Waals surface area contributed by atoms with Crippen LogP contribution in [-0.2, 0) is 10.8 Å². The second-order valence-corrected chi connectivity index (χ2v) is 15.7. The number of hydrogen-bond donors (Lipinski definition) is 0. The number of hydrogen-bond acceptors (Lipinski definition) is 2. The van der Waals surface area contributed by atoms with E-state index in [2.05, 4.69) is 107 Å². The van der Waals surface area contributed by atoms with Crippen LogP contribution in [0.4, 0.5) is 0 Å². The van der Waals surface area contributed by atoms with Crippen molar-refractivity contribution in [3.63, 3.8) is 0 Å². The van der Waals surface area contributed by atoms with Crippen LogP contribution in [0.5, 0.6) is 5.75 Å². The zero-order valence-corrected chi connectivity index (χ0v) is 22.3. The highest BCUT2D eigenvalue weighted by Crippen LogP contribution is 2.58. The molecule has 0 saturated heterocycles. The van der Waals surface area contributed by atoms with Gasteiger partial charge in [-0.3, -0.25) is 0 Å². The Bertz CT molecular complexity index is 1100. The second kappa shape index (κ2) is 8.69. The van der Waals surface area contributed by atoms with Gasteiger partial charge in [0.2, 0.25) is 0 Å². The van der Waals surface area contributed by atoms with Crippen LogP contribution in [-0.4, -0.2) is 21.5 Å². The van der Waals surface area contributed by atoms with E-state index >= 15 is 0 Å². The third-order valence-corrected chi connectivity index (χ3v) is 13.7. The van der Waals surface area contributed by atoms with Crippen molar-refractivity contribution in [2.45, 2.75) is 70.4 Å². The molecule has 0 aliphatic heterocycles. The summed E-state index contributed by atoms with van der Waals surface area (Å²) in [4.78, 5) is 0. The Kier molecular flexibility index (Phi) is 5.98. The summed E-state index contributed by atoms with van der Waals surface area (Å²) in [5.74, 6) is 1.52. The molecular weight excluding hydrogens is 432 g/mol. The molecule has 2 nitrogen and oxygen atoms in total. The van der Waals surface area contributed by atoms with Crippen molar-refractivity contribution in [3.05, 3.63) is 90.0 Å². The maximum Gasteiger partial charge on any atom is 0.261 e. The molecule has 3 aromatic carbocycles. The van der Waals surface area contributed by atoms with E-state index in [1.807, 2.05) is 0 Å². The van der Waals surface area contributed by atoms with Crippen LogP contribution in [0.2, 0.25) is 5.04 Å². The maximum absolute atomic E-state index is 7.68. The normalized spacial score (nSPS) is 24.4. The van der Waals surface area contributed by atoms with E-state index in [0.29, 0.717) is 5.92 Å². The molecule has 0 N–H and O–H groups in total. The van der Waals surface area contributed by atoms with Crippen molar-refractivity contribution < 1.29 is 9.16 Å². The van der Waals surface area contributed by atoms with Gasteiger partial charge in [0.25, 0.3) is 8.32 Å². The van der Waals surface area contributed by atoms with Crippen LogP contribution in [0, 0.1) is 5.41 Å². The molecule has 178 valence electrons. The summed E-state index contributed by atoms with van der Waals surface area (Å²) in [6, 6.07) is 28.9. The molecule has 3 aromatic rings. The van der Waals surface area contributed by atoms with Gasteiger partial charge in [-0.05, 0) is 75.7 Å². The van der Waals surface area contributed by atoms with E-state index < -0.39 is 8.32 Å². The Morgan fingerprint density at radius 2 is 1.47 bits per heavy atom. The van der Waals surface area contributed by atoms with Crippen molar-refractivity contribution in [2.24, 2.45) is 5.41 Å². The summed E-state index contributed by atoms with van der Waals surface area (Å²) in [6.07, 6.45) is 4.83. The molecule has 2 aliphatic rings. The van der Waals surface area contributed by atoms with Crippen molar-refractivity contribution in [1.82, 2.24) is 0 Å². The fraction of sp³-hybridized carbons (Fsp3) is 0.419. The van der Waals surface area contributed by atoms with E-state index in [4.69, 9.17) is 9.16 Å². The molecule has 5 rings (SSSR count). The first-order valence-electron chi connectivity index (χ1n) is 12.8.